The van der Waals surface area contributed by atoms with Gasteiger partial charge in [0.2, 0.25) is 0 Å². The molecule has 9 heteroatoms. The maximum absolute atomic E-state index is 13.0. The number of ether oxygens (including phenoxy) is 2. The fourth-order valence-corrected chi connectivity index (χ4v) is 4.60. The summed E-state index contributed by atoms with van der Waals surface area (Å²) in [5.41, 5.74) is 3.29. The molecule has 202 valence electrons. The highest BCUT2D eigenvalue weighted by Gasteiger charge is 2.41. The molecule has 2 aliphatic rings. The Labute approximate surface area is 223 Å². The van der Waals surface area contributed by atoms with Crippen LogP contribution in [0.1, 0.15) is 45.6 Å². The quantitative estimate of drug-likeness (QED) is 0.311. The van der Waals surface area contributed by atoms with Crippen molar-refractivity contribution in [3.05, 3.63) is 98.9 Å². The highest BCUT2D eigenvalue weighted by atomic mass is 16.6. The molecule has 1 atom stereocenters. The van der Waals surface area contributed by atoms with Crippen LogP contribution in [0.5, 0.6) is 0 Å². The smallest absolute Gasteiger partial charge is 0.336 e. The maximum atomic E-state index is 13.0. The number of esters is 2. The molecule has 0 aromatic heterocycles. The molecule has 0 radical (unpaired) electrons. The summed E-state index contributed by atoms with van der Waals surface area (Å²) in [5, 5.41) is 13.1. The predicted octanol–water partition coefficient (Wildman–Crippen LogP) is 4.89. The van der Waals surface area contributed by atoms with Gasteiger partial charge in [-0.25, -0.2) is 9.59 Å². The second-order valence-corrected chi connectivity index (χ2v) is 9.47. The maximum Gasteiger partial charge on any atom is 0.336 e. The molecule has 2 aromatic rings. The Kier molecular flexibility index (Phi) is 9.78. The lowest BCUT2D eigenvalue weighted by atomic mass is 9.96. The summed E-state index contributed by atoms with van der Waals surface area (Å²) < 4.78 is 10.9. The van der Waals surface area contributed by atoms with Crippen molar-refractivity contribution in [2.75, 3.05) is 20.2 Å². The molecule has 0 saturated carbocycles. The number of carbonyl (C=O) groups is 2. The first kappa shape index (κ1) is 28.6. The highest BCUT2D eigenvalue weighted by Crippen LogP contribution is 2.33. The lowest BCUT2D eigenvalue weighted by Gasteiger charge is -2.30. The van der Waals surface area contributed by atoms with Crippen molar-refractivity contribution in [1.82, 2.24) is 10.2 Å². The van der Waals surface area contributed by atoms with Gasteiger partial charge in [0.25, 0.3) is 5.69 Å². The largest absolute Gasteiger partial charge is 0.466 e. The van der Waals surface area contributed by atoms with Crippen molar-refractivity contribution in [1.29, 1.82) is 0 Å². The Morgan fingerprint density at radius 1 is 1.00 bits per heavy atom. The first-order chi connectivity index (χ1) is 18.2. The summed E-state index contributed by atoms with van der Waals surface area (Å²) in [6, 6.07) is 18.3. The molecule has 0 aliphatic carbocycles. The summed E-state index contributed by atoms with van der Waals surface area (Å²) in [5.74, 6) is -0.778. The van der Waals surface area contributed by atoms with Crippen LogP contribution in [0, 0.1) is 10.1 Å². The van der Waals surface area contributed by atoms with Crippen LogP contribution >= 0.6 is 0 Å². The SMILES string of the molecule is CC[C@@]1(OC(=O)C2=C(C)NC(C)=C(C(=O)OC)C2)CCN(Cc2ccccc2)C1.O=[N+]([O-])c1ccccc1. The molecule has 38 heavy (non-hydrogen) atoms. The molecule has 9 nitrogen and oxygen atoms in total. The molecule has 2 aromatic carbocycles. The molecule has 0 spiro atoms. The number of methoxy groups -OCH3 is 1. The average Bonchev–Trinajstić information content (AvgIpc) is 3.32. The minimum Gasteiger partial charge on any atom is -0.466 e. The Balaban J connectivity index is 0.000000375. The van der Waals surface area contributed by atoms with Crippen molar-refractivity contribution in [2.24, 2.45) is 0 Å². The number of carbonyl (C=O) groups excluding carboxylic acids is 2. The van der Waals surface area contributed by atoms with E-state index in [4.69, 9.17) is 9.47 Å². The zero-order valence-electron chi connectivity index (χ0n) is 22.4. The number of likely N-dealkylation sites (tertiary alicyclic amines) is 1. The second kappa shape index (κ2) is 13.0. The summed E-state index contributed by atoms with van der Waals surface area (Å²) in [6.07, 6.45) is 1.78. The number of nitrogens with one attached hydrogen (secondary N) is 1. The van der Waals surface area contributed by atoms with Gasteiger partial charge in [-0.15, -0.1) is 0 Å². The van der Waals surface area contributed by atoms with Gasteiger partial charge in [0.1, 0.15) is 5.60 Å². The lowest BCUT2D eigenvalue weighted by molar-refractivity contribution is -0.384. The fourth-order valence-electron chi connectivity index (χ4n) is 4.60. The van der Waals surface area contributed by atoms with Gasteiger partial charge < -0.3 is 14.8 Å². The van der Waals surface area contributed by atoms with Crippen molar-refractivity contribution in [3.8, 4) is 0 Å². The normalized spacial score (nSPS) is 19.3. The standard InChI is InChI=1S/C23H30N2O4.C6H5NO2/c1-5-23(11-12-25(15-23)14-18-9-7-6-8-10-18)29-22(27)20-13-19(21(26)28-4)16(2)24-17(20)3;8-7(9)6-4-2-1-3-5-6/h6-10,24H,5,11-15H2,1-4H3;1-5H/t23-;/m1./s1. The van der Waals surface area contributed by atoms with Gasteiger partial charge in [0, 0.05) is 56.0 Å². The number of hydrogen-bond donors (Lipinski definition) is 1. The van der Waals surface area contributed by atoms with E-state index in [-0.39, 0.29) is 18.1 Å². The van der Waals surface area contributed by atoms with Gasteiger partial charge in [-0.2, -0.15) is 0 Å². The monoisotopic (exact) mass is 521 g/mol. The van der Waals surface area contributed by atoms with E-state index in [0.29, 0.717) is 23.4 Å². The van der Waals surface area contributed by atoms with Crippen LogP contribution < -0.4 is 5.32 Å². The second-order valence-electron chi connectivity index (χ2n) is 9.47. The van der Waals surface area contributed by atoms with Gasteiger partial charge in [-0.1, -0.05) is 55.5 Å². The number of nitro groups is 1. The van der Waals surface area contributed by atoms with Crippen LogP contribution in [0.3, 0.4) is 0 Å². The number of nitro benzene ring substituents is 1. The van der Waals surface area contributed by atoms with Crippen LogP contribution in [-0.2, 0) is 25.6 Å². The Hall–Kier alpha value is -3.98. The lowest BCUT2D eigenvalue weighted by Crippen LogP contribution is -2.39. The molecular weight excluding hydrogens is 486 g/mol. The zero-order chi connectivity index (χ0) is 27.7. The molecule has 2 heterocycles. The minimum atomic E-state index is -0.499. The van der Waals surface area contributed by atoms with Crippen molar-refractivity contribution in [2.45, 2.75) is 52.2 Å². The Morgan fingerprint density at radius 2 is 1.58 bits per heavy atom. The van der Waals surface area contributed by atoms with E-state index in [1.807, 2.05) is 32.0 Å². The summed E-state index contributed by atoms with van der Waals surface area (Å²) in [6.45, 7) is 8.15. The molecular formula is C29H35N3O6. The van der Waals surface area contributed by atoms with Gasteiger partial charge in [-0.3, -0.25) is 15.0 Å². The van der Waals surface area contributed by atoms with Crippen LogP contribution in [0.25, 0.3) is 0 Å². The number of nitrogens with zero attached hydrogens (tertiary/aromatic N) is 2. The Bertz CT molecular complexity index is 1210. The van der Waals surface area contributed by atoms with Gasteiger partial charge >= 0.3 is 11.9 Å². The third kappa shape index (κ3) is 7.29. The average molecular weight is 522 g/mol. The predicted molar refractivity (Wildman–Crippen MR) is 144 cm³/mol. The summed E-state index contributed by atoms with van der Waals surface area (Å²) >= 11 is 0. The number of allylic oxidation sites excluding steroid dienone is 2. The third-order valence-corrected chi connectivity index (χ3v) is 6.88. The summed E-state index contributed by atoms with van der Waals surface area (Å²) in [7, 11) is 1.34. The van der Waals surface area contributed by atoms with Crippen LogP contribution in [-0.4, -0.2) is 47.6 Å². The van der Waals surface area contributed by atoms with Gasteiger partial charge in [-0.05, 0) is 25.8 Å². The van der Waals surface area contributed by atoms with Crippen LogP contribution in [0.2, 0.25) is 0 Å². The summed E-state index contributed by atoms with van der Waals surface area (Å²) in [4.78, 5) is 37.0. The van der Waals surface area contributed by atoms with E-state index in [1.165, 1.54) is 24.8 Å². The number of para-hydroxylation sites is 1. The molecule has 1 saturated heterocycles. The number of non-ortho nitro benzene ring substituents is 1. The van der Waals surface area contributed by atoms with E-state index in [2.05, 4.69) is 29.3 Å². The first-order valence-corrected chi connectivity index (χ1v) is 12.6. The molecule has 0 unspecified atom stereocenters. The topological polar surface area (TPSA) is 111 Å². The zero-order valence-corrected chi connectivity index (χ0v) is 22.4. The number of hydrogen-bond acceptors (Lipinski definition) is 8. The van der Waals surface area contributed by atoms with Gasteiger partial charge in [0.15, 0.2) is 0 Å². The van der Waals surface area contributed by atoms with E-state index in [9.17, 15) is 19.7 Å². The highest BCUT2D eigenvalue weighted by molar-refractivity contribution is 5.96. The number of benzene rings is 2. The molecule has 0 bridgehead atoms. The molecule has 4 rings (SSSR count). The molecule has 1 fully saturated rings. The third-order valence-electron chi connectivity index (χ3n) is 6.88. The minimum absolute atomic E-state index is 0.137. The molecule has 1 N–H and O–H groups in total. The molecule has 0 amide bonds. The van der Waals surface area contributed by atoms with E-state index < -0.39 is 16.5 Å². The fraction of sp³-hybridized carbons (Fsp3) is 0.379. The van der Waals surface area contributed by atoms with Crippen LogP contribution in [0.4, 0.5) is 5.69 Å². The first-order valence-electron chi connectivity index (χ1n) is 12.6. The van der Waals surface area contributed by atoms with Crippen LogP contribution in [0.15, 0.2) is 83.2 Å². The Morgan fingerprint density at radius 3 is 2.11 bits per heavy atom. The van der Waals surface area contributed by atoms with Crippen molar-refractivity contribution >= 4 is 17.6 Å². The number of rotatable bonds is 7. The van der Waals surface area contributed by atoms with E-state index in [0.717, 1.165) is 31.6 Å². The number of dihydropyridines is 1. The van der Waals surface area contributed by atoms with Gasteiger partial charge in [0.05, 0.1) is 23.2 Å². The molecule has 2 aliphatic heterocycles. The van der Waals surface area contributed by atoms with Crippen molar-refractivity contribution in [3.63, 3.8) is 0 Å². The van der Waals surface area contributed by atoms with E-state index in [1.54, 1.807) is 18.2 Å². The van der Waals surface area contributed by atoms with E-state index >= 15 is 0 Å². The van der Waals surface area contributed by atoms with Crippen molar-refractivity contribution < 1.29 is 24.0 Å².